The number of hydrogen-bond acceptors (Lipinski definition) is 3. The summed E-state index contributed by atoms with van der Waals surface area (Å²) in [5, 5.41) is 0.596. The topological polar surface area (TPSA) is 32.8 Å². The summed E-state index contributed by atoms with van der Waals surface area (Å²) in [7, 11) is 1.81. The summed E-state index contributed by atoms with van der Waals surface area (Å²) in [6.07, 6.45) is 2.40. The molecule has 21 heavy (non-hydrogen) atoms. The van der Waals surface area contributed by atoms with Crippen LogP contribution in [0, 0.1) is 0 Å². The Morgan fingerprint density at radius 2 is 2.00 bits per heavy atom. The summed E-state index contributed by atoms with van der Waals surface area (Å²) in [6, 6.07) is 7.36. The number of halogens is 2. The van der Waals surface area contributed by atoms with Crippen LogP contribution in [0.25, 0.3) is 0 Å². The van der Waals surface area contributed by atoms with Crippen LogP contribution in [0.3, 0.4) is 0 Å². The molecule has 1 aromatic rings. The number of carbonyl (C=O) groups excluding carboxylic acids is 1. The van der Waals surface area contributed by atoms with E-state index in [4.69, 9.17) is 16.3 Å². The quantitative estimate of drug-likeness (QED) is 0.802. The van der Waals surface area contributed by atoms with Gasteiger partial charge in [-0.25, -0.2) is 0 Å². The van der Waals surface area contributed by atoms with Gasteiger partial charge in [0.25, 0.3) is 0 Å². The third-order valence-electron chi connectivity index (χ3n) is 3.50. The van der Waals surface area contributed by atoms with Crippen molar-refractivity contribution < 1.29 is 9.53 Å². The van der Waals surface area contributed by atoms with Gasteiger partial charge in [-0.05, 0) is 38.1 Å². The number of nitrogens with zero attached hydrogens (tertiary/aromatic N) is 2. The Kier molecular flexibility index (Phi) is 7.86. The standard InChI is InChI=1S/C15H21ClN2O2.ClH/c1-17(15(19)12-18-8-4-5-9-18)10-11-20-14-7-3-2-6-13(14)16;/h2-3,6-7H,4-5,8-12H2,1H3;1H. The van der Waals surface area contributed by atoms with Crippen molar-refractivity contribution in [2.75, 3.05) is 39.8 Å². The van der Waals surface area contributed by atoms with Crippen LogP contribution in [0.2, 0.25) is 5.02 Å². The average Bonchev–Trinajstić information content (AvgIpc) is 2.93. The maximum absolute atomic E-state index is 12.0. The van der Waals surface area contributed by atoms with Crippen LogP contribution >= 0.6 is 24.0 Å². The Bertz CT molecular complexity index is 451. The molecular weight excluding hydrogens is 311 g/mol. The molecule has 0 radical (unpaired) electrons. The Hall–Kier alpha value is -0.970. The zero-order chi connectivity index (χ0) is 14.4. The first-order valence-corrected chi connectivity index (χ1v) is 7.38. The van der Waals surface area contributed by atoms with Crippen molar-refractivity contribution in [1.82, 2.24) is 9.80 Å². The van der Waals surface area contributed by atoms with E-state index in [2.05, 4.69) is 4.90 Å². The summed E-state index contributed by atoms with van der Waals surface area (Å²) >= 11 is 6.00. The summed E-state index contributed by atoms with van der Waals surface area (Å²) in [5.41, 5.74) is 0. The van der Waals surface area contributed by atoms with Crippen molar-refractivity contribution in [1.29, 1.82) is 0 Å². The maximum atomic E-state index is 12.0. The normalized spacial score (nSPS) is 14.6. The SMILES string of the molecule is CN(CCOc1ccccc1Cl)C(=O)CN1CCCC1.Cl. The van der Waals surface area contributed by atoms with Crippen molar-refractivity contribution in [3.63, 3.8) is 0 Å². The summed E-state index contributed by atoms with van der Waals surface area (Å²) in [6.45, 7) is 3.61. The molecule has 118 valence electrons. The molecule has 0 unspecified atom stereocenters. The van der Waals surface area contributed by atoms with Gasteiger partial charge in [0.05, 0.1) is 18.1 Å². The highest BCUT2D eigenvalue weighted by molar-refractivity contribution is 6.32. The minimum atomic E-state index is 0. The van der Waals surface area contributed by atoms with E-state index >= 15 is 0 Å². The molecule has 0 aliphatic carbocycles. The van der Waals surface area contributed by atoms with E-state index < -0.39 is 0 Å². The van der Waals surface area contributed by atoms with Gasteiger partial charge in [-0.2, -0.15) is 0 Å². The lowest BCUT2D eigenvalue weighted by atomic mass is 10.3. The van der Waals surface area contributed by atoms with Crippen LogP contribution < -0.4 is 4.74 Å². The Labute approximate surface area is 137 Å². The number of likely N-dealkylation sites (N-methyl/N-ethyl adjacent to an activating group) is 1. The highest BCUT2D eigenvalue weighted by atomic mass is 35.5. The third-order valence-corrected chi connectivity index (χ3v) is 3.82. The molecule has 1 fully saturated rings. The number of ether oxygens (including phenoxy) is 1. The lowest BCUT2D eigenvalue weighted by Crippen LogP contribution is -2.38. The molecule has 0 bridgehead atoms. The minimum Gasteiger partial charge on any atom is -0.490 e. The molecule has 0 spiro atoms. The number of carbonyl (C=O) groups is 1. The Morgan fingerprint density at radius 1 is 1.33 bits per heavy atom. The first kappa shape index (κ1) is 18.1. The molecule has 0 aromatic heterocycles. The second-order valence-corrected chi connectivity index (χ2v) is 5.48. The number of likely N-dealkylation sites (tertiary alicyclic amines) is 1. The number of rotatable bonds is 6. The largest absolute Gasteiger partial charge is 0.490 e. The van der Waals surface area contributed by atoms with Crippen LogP contribution in [-0.4, -0.2) is 55.5 Å². The van der Waals surface area contributed by atoms with E-state index in [1.54, 1.807) is 11.0 Å². The van der Waals surface area contributed by atoms with E-state index in [1.165, 1.54) is 12.8 Å². The number of benzene rings is 1. The molecule has 0 atom stereocenters. The van der Waals surface area contributed by atoms with Gasteiger partial charge in [0.1, 0.15) is 12.4 Å². The van der Waals surface area contributed by atoms with Crippen LogP contribution in [-0.2, 0) is 4.79 Å². The number of hydrogen-bond donors (Lipinski definition) is 0. The molecule has 4 nitrogen and oxygen atoms in total. The van der Waals surface area contributed by atoms with Crippen molar-refractivity contribution in [3.05, 3.63) is 29.3 Å². The molecule has 1 saturated heterocycles. The predicted molar refractivity (Wildman–Crippen MR) is 87.5 cm³/mol. The van der Waals surface area contributed by atoms with E-state index in [1.807, 2.05) is 25.2 Å². The van der Waals surface area contributed by atoms with Crippen molar-refractivity contribution in [2.24, 2.45) is 0 Å². The van der Waals surface area contributed by atoms with Gasteiger partial charge in [-0.3, -0.25) is 9.69 Å². The molecule has 0 saturated carbocycles. The molecule has 1 aliphatic heterocycles. The van der Waals surface area contributed by atoms with E-state index in [0.717, 1.165) is 13.1 Å². The smallest absolute Gasteiger partial charge is 0.236 e. The fourth-order valence-electron chi connectivity index (χ4n) is 2.23. The highest BCUT2D eigenvalue weighted by Crippen LogP contribution is 2.22. The van der Waals surface area contributed by atoms with Crippen LogP contribution in [0.15, 0.2) is 24.3 Å². The molecular formula is C15H22Cl2N2O2. The van der Waals surface area contributed by atoms with Crippen molar-refractivity contribution in [2.45, 2.75) is 12.8 Å². The van der Waals surface area contributed by atoms with Gasteiger partial charge in [0.2, 0.25) is 5.91 Å². The zero-order valence-electron chi connectivity index (χ0n) is 12.3. The molecule has 2 rings (SSSR count). The van der Waals surface area contributed by atoms with Gasteiger partial charge >= 0.3 is 0 Å². The van der Waals surface area contributed by atoms with Gasteiger partial charge < -0.3 is 9.64 Å². The molecule has 0 N–H and O–H groups in total. The van der Waals surface area contributed by atoms with E-state index in [0.29, 0.717) is 30.5 Å². The first-order valence-electron chi connectivity index (χ1n) is 7.00. The van der Waals surface area contributed by atoms with Crippen molar-refractivity contribution in [3.8, 4) is 5.75 Å². The first-order chi connectivity index (χ1) is 9.66. The molecule has 1 amide bonds. The third kappa shape index (κ3) is 5.73. The monoisotopic (exact) mass is 332 g/mol. The van der Waals surface area contributed by atoms with Crippen LogP contribution in [0.5, 0.6) is 5.75 Å². The summed E-state index contributed by atoms with van der Waals surface area (Å²) < 4.78 is 5.59. The van der Waals surface area contributed by atoms with Crippen molar-refractivity contribution >= 4 is 29.9 Å². The molecule has 1 aromatic carbocycles. The fraction of sp³-hybridized carbons (Fsp3) is 0.533. The van der Waals surface area contributed by atoms with Gasteiger partial charge in [0.15, 0.2) is 0 Å². The molecule has 1 heterocycles. The van der Waals surface area contributed by atoms with E-state index in [-0.39, 0.29) is 18.3 Å². The lowest BCUT2D eigenvalue weighted by molar-refractivity contribution is -0.131. The summed E-state index contributed by atoms with van der Waals surface area (Å²) in [5.74, 6) is 0.809. The highest BCUT2D eigenvalue weighted by Gasteiger charge is 2.17. The average molecular weight is 333 g/mol. The molecule has 1 aliphatic rings. The second-order valence-electron chi connectivity index (χ2n) is 5.08. The fourth-order valence-corrected chi connectivity index (χ4v) is 2.42. The van der Waals surface area contributed by atoms with Crippen LogP contribution in [0.1, 0.15) is 12.8 Å². The number of amides is 1. The van der Waals surface area contributed by atoms with Gasteiger partial charge in [-0.1, -0.05) is 23.7 Å². The minimum absolute atomic E-state index is 0. The number of para-hydroxylation sites is 1. The maximum Gasteiger partial charge on any atom is 0.236 e. The predicted octanol–water partition coefficient (Wildman–Crippen LogP) is 2.69. The summed E-state index contributed by atoms with van der Waals surface area (Å²) in [4.78, 5) is 15.9. The molecule has 6 heteroatoms. The van der Waals surface area contributed by atoms with Gasteiger partial charge in [-0.15, -0.1) is 12.4 Å². The van der Waals surface area contributed by atoms with Gasteiger partial charge in [0, 0.05) is 7.05 Å². The zero-order valence-corrected chi connectivity index (χ0v) is 13.8. The van der Waals surface area contributed by atoms with E-state index in [9.17, 15) is 4.79 Å². The lowest BCUT2D eigenvalue weighted by Gasteiger charge is -2.21. The second kappa shape index (κ2) is 9.13. The Morgan fingerprint density at radius 3 is 2.67 bits per heavy atom. The Balaban J connectivity index is 0.00000220. The van der Waals surface area contributed by atoms with Crippen LogP contribution in [0.4, 0.5) is 0 Å².